The summed E-state index contributed by atoms with van der Waals surface area (Å²) in [6.45, 7) is 0.481. The molecule has 0 fully saturated rings. The molecule has 4 nitrogen and oxygen atoms in total. The second-order valence-corrected chi connectivity index (χ2v) is 5.93. The average molecular weight is 348 g/mol. The molecule has 0 heterocycles. The maximum absolute atomic E-state index is 12.4. The fourth-order valence-electron chi connectivity index (χ4n) is 2.46. The molecular weight excluding hydrogens is 326 g/mol. The van der Waals surface area contributed by atoms with Gasteiger partial charge in [0.2, 0.25) is 5.91 Å². The standard InChI is InChI=1S/C19H22ClNO3/c1-21(13-15-8-10-16(23-2)12-18(15)24-3)19(22)11-9-14-6-4-5-7-17(14)20/h4-8,10,12H,9,11,13H2,1-3H3. The Morgan fingerprint density at radius 1 is 1.08 bits per heavy atom. The van der Waals surface area contributed by atoms with Crippen molar-refractivity contribution in [2.24, 2.45) is 0 Å². The van der Waals surface area contributed by atoms with Gasteiger partial charge in [-0.15, -0.1) is 0 Å². The molecule has 0 atom stereocenters. The minimum atomic E-state index is 0.0628. The predicted molar refractivity (Wildman–Crippen MR) is 95.8 cm³/mol. The Morgan fingerprint density at radius 3 is 2.50 bits per heavy atom. The van der Waals surface area contributed by atoms with E-state index in [1.807, 2.05) is 42.5 Å². The van der Waals surface area contributed by atoms with Crippen molar-refractivity contribution in [2.45, 2.75) is 19.4 Å². The van der Waals surface area contributed by atoms with Gasteiger partial charge in [0.25, 0.3) is 0 Å². The molecule has 0 saturated heterocycles. The number of hydrogen-bond acceptors (Lipinski definition) is 3. The van der Waals surface area contributed by atoms with Crippen LogP contribution >= 0.6 is 11.6 Å². The molecule has 0 saturated carbocycles. The Morgan fingerprint density at radius 2 is 1.83 bits per heavy atom. The van der Waals surface area contributed by atoms with Crippen LogP contribution < -0.4 is 9.47 Å². The summed E-state index contributed by atoms with van der Waals surface area (Å²) < 4.78 is 10.6. The van der Waals surface area contributed by atoms with E-state index in [4.69, 9.17) is 21.1 Å². The van der Waals surface area contributed by atoms with E-state index in [2.05, 4.69) is 0 Å². The summed E-state index contributed by atoms with van der Waals surface area (Å²) >= 11 is 6.13. The predicted octanol–water partition coefficient (Wildman–Crippen LogP) is 3.95. The number of halogens is 1. The molecule has 128 valence electrons. The van der Waals surface area contributed by atoms with E-state index in [0.29, 0.717) is 30.2 Å². The molecule has 0 aromatic heterocycles. The molecule has 24 heavy (non-hydrogen) atoms. The van der Waals surface area contributed by atoms with Gasteiger partial charge in [0.15, 0.2) is 0 Å². The average Bonchev–Trinajstić information content (AvgIpc) is 2.61. The third kappa shape index (κ3) is 4.65. The highest BCUT2D eigenvalue weighted by Crippen LogP contribution is 2.25. The molecule has 0 radical (unpaired) electrons. The minimum Gasteiger partial charge on any atom is -0.497 e. The van der Waals surface area contributed by atoms with Crippen molar-refractivity contribution in [1.82, 2.24) is 4.90 Å². The van der Waals surface area contributed by atoms with Crippen LogP contribution in [0.15, 0.2) is 42.5 Å². The van der Waals surface area contributed by atoms with E-state index in [1.165, 1.54) is 0 Å². The van der Waals surface area contributed by atoms with E-state index in [9.17, 15) is 4.79 Å². The Kier molecular flexibility index (Phi) is 6.50. The molecule has 2 aromatic carbocycles. The second-order valence-electron chi connectivity index (χ2n) is 5.52. The normalized spacial score (nSPS) is 10.3. The maximum atomic E-state index is 12.4. The summed E-state index contributed by atoms with van der Waals surface area (Å²) in [5.41, 5.74) is 1.93. The summed E-state index contributed by atoms with van der Waals surface area (Å²) in [7, 11) is 5.01. The van der Waals surface area contributed by atoms with Crippen molar-refractivity contribution in [3.05, 3.63) is 58.6 Å². The SMILES string of the molecule is COc1ccc(CN(C)C(=O)CCc2ccccc2Cl)c(OC)c1. The van der Waals surface area contributed by atoms with E-state index in [-0.39, 0.29) is 5.91 Å². The Balaban J connectivity index is 1.98. The van der Waals surface area contributed by atoms with Crippen LogP contribution in [-0.2, 0) is 17.8 Å². The largest absolute Gasteiger partial charge is 0.497 e. The Hall–Kier alpha value is -2.20. The fourth-order valence-corrected chi connectivity index (χ4v) is 2.69. The number of ether oxygens (including phenoxy) is 2. The van der Waals surface area contributed by atoms with E-state index < -0.39 is 0 Å². The monoisotopic (exact) mass is 347 g/mol. The van der Waals surface area contributed by atoms with Crippen molar-refractivity contribution in [1.29, 1.82) is 0 Å². The number of carbonyl (C=O) groups excluding carboxylic acids is 1. The summed E-state index contributed by atoms with van der Waals surface area (Å²) in [5, 5.41) is 0.699. The lowest BCUT2D eigenvalue weighted by atomic mass is 10.1. The molecule has 0 unspecified atom stereocenters. The highest BCUT2D eigenvalue weighted by molar-refractivity contribution is 6.31. The molecule has 0 aliphatic rings. The summed E-state index contributed by atoms with van der Waals surface area (Å²) in [6, 6.07) is 13.2. The summed E-state index contributed by atoms with van der Waals surface area (Å²) in [6.07, 6.45) is 1.04. The van der Waals surface area contributed by atoms with Crippen LogP contribution in [0.25, 0.3) is 0 Å². The zero-order valence-corrected chi connectivity index (χ0v) is 15.0. The van der Waals surface area contributed by atoms with Gasteiger partial charge in [0.05, 0.1) is 14.2 Å². The smallest absolute Gasteiger partial charge is 0.222 e. The van der Waals surface area contributed by atoms with E-state index >= 15 is 0 Å². The van der Waals surface area contributed by atoms with Gasteiger partial charge in [-0.2, -0.15) is 0 Å². The Labute approximate surface area is 147 Å². The third-order valence-electron chi connectivity index (χ3n) is 3.89. The molecule has 2 aromatic rings. The van der Waals surface area contributed by atoms with E-state index in [1.54, 1.807) is 26.2 Å². The number of hydrogen-bond donors (Lipinski definition) is 0. The molecular formula is C19H22ClNO3. The van der Waals surface area contributed by atoms with Gasteiger partial charge in [-0.1, -0.05) is 29.8 Å². The number of carbonyl (C=O) groups is 1. The Bertz CT molecular complexity index is 703. The molecule has 0 bridgehead atoms. The van der Waals surface area contributed by atoms with Crippen molar-refractivity contribution in [3.8, 4) is 11.5 Å². The third-order valence-corrected chi connectivity index (χ3v) is 4.26. The van der Waals surface area contributed by atoms with Crippen LogP contribution in [0.1, 0.15) is 17.5 Å². The molecule has 1 amide bonds. The first-order chi connectivity index (χ1) is 11.5. The lowest BCUT2D eigenvalue weighted by Gasteiger charge is -2.19. The zero-order chi connectivity index (χ0) is 17.5. The molecule has 2 rings (SSSR count). The van der Waals surface area contributed by atoms with Gasteiger partial charge in [-0.25, -0.2) is 0 Å². The van der Waals surface area contributed by atoms with Crippen molar-refractivity contribution in [2.75, 3.05) is 21.3 Å². The highest BCUT2D eigenvalue weighted by Gasteiger charge is 2.13. The van der Waals surface area contributed by atoms with Crippen LogP contribution in [0.4, 0.5) is 0 Å². The quantitative estimate of drug-likeness (QED) is 0.761. The summed E-state index contributed by atoms with van der Waals surface area (Å²) in [5.74, 6) is 1.50. The molecule has 5 heteroatoms. The number of rotatable bonds is 7. The summed E-state index contributed by atoms with van der Waals surface area (Å²) in [4.78, 5) is 14.1. The number of amides is 1. The molecule has 0 aliphatic heterocycles. The van der Waals surface area contributed by atoms with Crippen LogP contribution in [-0.4, -0.2) is 32.1 Å². The molecule has 0 aliphatic carbocycles. The number of benzene rings is 2. The van der Waals surface area contributed by atoms with Gasteiger partial charge in [0.1, 0.15) is 11.5 Å². The van der Waals surface area contributed by atoms with Gasteiger partial charge >= 0.3 is 0 Å². The van der Waals surface area contributed by atoms with E-state index in [0.717, 1.165) is 16.9 Å². The number of nitrogens with zero attached hydrogens (tertiary/aromatic N) is 1. The lowest BCUT2D eigenvalue weighted by Crippen LogP contribution is -2.26. The van der Waals surface area contributed by atoms with Crippen LogP contribution in [0, 0.1) is 0 Å². The van der Waals surface area contributed by atoms with Crippen LogP contribution in [0.2, 0.25) is 5.02 Å². The van der Waals surface area contributed by atoms with Crippen molar-refractivity contribution >= 4 is 17.5 Å². The van der Waals surface area contributed by atoms with Crippen molar-refractivity contribution < 1.29 is 14.3 Å². The van der Waals surface area contributed by atoms with Gasteiger partial charge in [0, 0.05) is 36.7 Å². The zero-order valence-electron chi connectivity index (χ0n) is 14.2. The van der Waals surface area contributed by atoms with Gasteiger partial charge < -0.3 is 14.4 Å². The first-order valence-electron chi connectivity index (χ1n) is 7.73. The van der Waals surface area contributed by atoms with Crippen LogP contribution in [0.5, 0.6) is 11.5 Å². The second kappa shape index (κ2) is 8.60. The maximum Gasteiger partial charge on any atom is 0.222 e. The van der Waals surface area contributed by atoms with Crippen molar-refractivity contribution in [3.63, 3.8) is 0 Å². The number of methoxy groups -OCH3 is 2. The highest BCUT2D eigenvalue weighted by atomic mass is 35.5. The fraction of sp³-hybridized carbons (Fsp3) is 0.316. The lowest BCUT2D eigenvalue weighted by molar-refractivity contribution is -0.130. The first-order valence-corrected chi connectivity index (χ1v) is 8.11. The van der Waals surface area contributed by atoms with Crippen LogP contribution in [0.3, 0.4) is 0 Å². The molecule has 0 spiro atoms. The topological polar surface area (TPSA) is 38.8 Å². The minimum absolute atomic E-state index is 0.0628. The first kappa shape index (κ1) is 18.1. The number of aryl methyl sites for hydroxylation is 1. The van der Waals surface area contributed by atoms with Gasteiger partial charge in [-0.05, 0) is 30.2 Å². The van der Waals surface area contributed by atoms with Gasteiger partial charge in [-0.3, -0.25) is 4.79 Å². The molecule has 0 N–H and O–H groups in total.